The summed E-state index contributed by atoms with van der Waals surface area (Å²) in [6, 6.07) is 10.3. The molecule has 0 saturated carbocycles. The second-order valence-corrected chi connectivity index (χ2v) is 7.61. The minimum absolute atomic E-state index is 0.594. The fourth-order valence-electron chi connectivity index (χ4n) is 3.58. The number of aromatic nitrogens is 3. The Morgan fingerprint density at radius 2 is 1.76 bits per heavy atom. The quantitative estimate of drug-likeness (QED) is 0.438. The fraction of sp³-hybridized carbons (Fsp3) is 0.360. The number of oxazole rings is 1. The Bertz CT molecular complexity index is 1220. The summed E-state index contributed by atoms with van der Waals surface area (Å²) < 4.78 is 5.55. The van der Waals surface area contributed by atoms with Crippen molar-refractivity contribution in [1.29, 1.82) is 0 Å². The average molecular weight is 464 g/mol. The standard InChI is InChI=1S/C13H14N4O.C10H13N3O.C2H6/c18-9-10-1-2-11(17-7-5-14-6-8-17)13-12(10)15-3-4-16-13;1-11-7-4-5-8-9(6-7)14-10(12-8)13(2)3;1-2/h1-4,9,14H,5-8H2;4-6,11H,1-3H3;1-2H3. The van der Waals surface area contributed by atoms with Crippen molar-refractivity contribution >= 4 is 45.8 Å². The molecule has 2 N–H and O–H groups in total. The van der Waals surface area contributed by atoms with Gasteiger partial charge in [-0.2, -0.15) is 4.98 Å². The largest absolute Gasteiger partial charge is 0.423 e. The lowest BCUT2D eigenvalue weighted by Crippen LogP contribution is -2.43. The average Bonchev–Trinajstić information content (AvgIpc) is 3.34. The first-order chi connectivity index (χ1) is 16.6. The van der Waals surface area contributed by atoms with Crippen molar-refractivity contribution in [3.05, 3.63) is 48.3 Å². The first-order valence-electron chi connectivity index (χ1n) is 11.5. The fourth-order valence-corrected chi connectivity index (χ4v) is 3.58. The maximum atomic E-state index is 11.0. The first-order valence-corrected chi connectivity index (χ1v) is 11.5. The summed E-state index contributed by atoms with van der Waals surface area (Å²) in [5.41, 5.74) is 5.86. The van der Waals surface area contributed by atoms with Gasteiger partial charge < -0.3 is 24.9 Å². The molecule has 0 amide bonds. The number of fused-ring (bicyclic) bond motifs is 2. The Hall–Kier alpha value is -3.72. The summed E-state index contributed by atoms with van der Waals surface area (Å²) in [6.07, 6.45) is 4.12. The second kappa shape index (κ2) is 11.9. The molecule has 2 aromatic carbocycles. The molecule has 2 aromatic heterocycles. The van der Waals surface area contributed by atoms with Crippen LogP contribution in [0.5, 0.6) is 0 Å². The van der Waals surface area contributed by atoms with Crippen LogP contribution in [0.2, 0.25) is 0 Å². The number of hydrogen-bond donors (Lipinski definition) is 2. The van der Waals surface area contributed by atoms with Gasteiger partial charge >= 0.3 is 0 Å². The molecule has 0 radical (unpaired) electrons. The lowest BCUT2D eigenvalue weighted by atomic mass is 10.1. The molecule has 1 saturated heterocycles. The van der Waals surface area contributed by atoms with E-state index >= 15 is 0 Å². The van der Waals surface area contributed by atoms with E-state index in [2.05, 4.69) is 30.5 Å². The predicted molar refractivity (Wildman–Crippen MR) is 139 cm³/mol. The van der Waals surface area contributed by atoms with Crippen LogP contribution in [0.1, 0.15) is 24.2 Å². The van der Waals surface area contributed by atoms with Crippen LogP contribution in [0.15, 0.2) is 47.1 Å². The highest BCUT2D eigenvalue weighted by atomic mass is 16.4. The number of benzene rings is 2. The third kappa shape index (κ3) is 5.60. The SMILES string of the molecule is CC.CNc1ccc2nc(N(C)C)oc2c1.O=Cc1ccc(N2CCNCC2)c2nccnc12. The van der Waals surface area contributed by atoms with Crippen molar-refractivity contribution in [1.82, 2.24) is 20.3 Å². The number of aldehydes is 1. The number of anilines is 3. The highest BCUT2D eigenvalue weighted by Crippen LogP contribution is 2.26. The molecule has 9 nitrogen and oxygen atoms in total. The number of carbonyl (C=O) groups excluding carboxylic acids is 1. The molecule has 1 fully saturated rings. The zero-order valence-electron chi connectivity index (χ0n) is 20.5. The lowest BCUT2D eigenvalue weighted by molar-refractivity contribution is 0.112. The van der Waals surface area contributed by atoms with Gasteiger partial charge in [-0.25, -0.2) is 0 Å². The molecule has 0 bridgehead atoms. The van der Waals surface area contributed by atoms with Gasteiger partial charge in [-0.15, -0.1) is 0 Å². The van der Waals surface area contributed by atoms with Gasteiger partial charge in [-0.3, -0.25) is 14.8 Å². The normalized spacial score (nSPS) is 12.9. The van der Waals surface area contributed by atoms with Gasteiger partial charge in [0, 0.05) is 77.0 Å². The maximum absolute atomic E-state index is 11.0. The summed E-state index contributed by atoms with van der Waals surface area (Å²) in [4.78, 5) is 28.1. The van der Waals surface area contributed by atoms with Gasteiger partial charge in [0.2, 0.25) is 0 Å². The molecule has 1 aliphatic heterocycles. The van der Waals surface area contributed by atoms with Crippen molar-refractivity contribution in [2.45, 2.75) is 13.8 Å². The molecule has 34 heavy (non-hydrogen) atoms. The highest BCUT2D eigenvalue weighted by Gasteiger charge is 2.15. The number of piperazine rings is 1. The van der Waals surface area contributed by atoms with Crippen LogP contribution < -0.4 is 20.4 Å². The third-order valence-corrected chi connectivity index (χ3v) is 5.27. The van der Waals surface area contributed by atoms with Crippen molar-refractivity contribution in [2.75, 3.05) is 62.4 Å². The number of nitrogens with zero attached hydrogens (tertiary/aromatic N) is 5. The molecule has 5 rings (SSSR count). The van der Waals surface area contributed by atoms with E-state index in [-0.39, 0.29) is 0 Å². The minimum Gasteiger partial charge on any atom is -0.423 e. The number of carbonyl (C=O) groups is 1. The predicted octanol–water partition coefficient (Wildman–Crippen LogP) is 3.81. The van der Waals surface area contributed by atoms with Gasteiger partial charge in [-0.1, -0.05) is 13.8 Å². The molecule has 0 aliphatic carbocycles. The molecule has 9 heteroatoms. The Labute approximate surface area is 200 Å². The minimum atomic E-state index is 0.594. The smallest absolute Gasteiger partial charge is 0.297 e. The topological polar surface area (TPSA) is 99.4 Å². The first kappa shape index (κ1) is 24.9. The Balaban J connectivity index is 0.000000183. The molecule has 3 heterocycles. The van der Waals surface area contributed by atoms with Gasteiger partial charge in [-0.05, 0) is 24.3 Å². The van der Waals surface area contributed by atoms with E-state index in [4.69, 9.17) is 4.42 Å². The van der Waals surface area contributed by atoms with Crippen LogP contribution in [0.3, 0.4) is 0 Å². The molecular formula is C25H33N7O2. The molecule has 0 atom stereocenters. The van der Waals surface area contributed by atoms with Gasteiger partial charge in [0.25, 0.3) is 6.01 Å². The molecule has 0 unspecified atom stereocenters. The van der Waals surface area contributed by atoms with Crippen LogP contribution in [0.25, 0.3) is 22.1 Å². The Morgan fingerprint density at radius 1 is 1.06 bits per heavy atom. The van der Waals surface area contributed by atoms with E-state index < -0.39 is 0 Å². The van der Waals surface area contributed by atoms with Crippen LogP contribution in [0, 0.1) is 0 Å². The summed E-state index contributed by atoms with van der Waals surface area (Å²) in [6.45, 7) is 7.84. The van der Waals surface area contributed by atoms with Crippen LogP contribution >= 0.6 is 0 Å². The third-order valence-electron chi connectivity index (χ3n) is 5.27. The molecule has 0 spiro atoms. The van der Waals surface area contributed by atoms with E-state index in [1.54, 1.807) is 12.4 Å². The van der Waals surface area contributed by atoms with E-state index in [0.29, 0.717) is 17.1 Å². The molecule has 180 valence electrons. The van der Waals surface area contributed by atoms with E-state index in [0.717, 1.165) is 60.5 Å². The summed E-state index contributed by atoms with van der Waals surface area (Å²) in [5.74, 6) is 0. The van der Waals surface area contributed by atoms with Crippen molar-refractivity contribution < 1.29 is 9.21 Å². The number of hydrogen-bond acceptors (Lipinski definition) is 9. The zero-order chi connectivity index (χ0) is 24.5. The number of nitrogens with one attached hydrogen (secondary N) is 2. The van der Waals surface area contributed by atoms with E-state index in [9.17, 15) is 4.79 Å². The van der Waals surface area contributed by atoms with Gasteiger partial charge in [0.1, 0.15) is 16.6 Å². The van der Waals surface area contributed by atoms with Crippen molar-refractivity contribution in [3.63, 3.8) is 0 Å². The summed E-state index contributed by atoms with van der Waals surface area (Å²) in [7, 11) is 5.69. The summed E-state index contributed by atoms with van der Waals surface area (Å²) >= 11 is 0. The Kier molecular flexibility index (Phi) is 8.75. The highest BCUT2D eigenvalue weighted by molar-refractivity contribution is 5.99. The van der Waals surface area contributed by atoms with Crippen LogP contribution in [-0.4, -0.2) is 68.6 Å². The monoisotopic (exact) mass is 463 g/mol. The van der Waals surface area contributed by atoms with Gasteiger partial charge in [0.15, 0.2) is 11.9 Å². The lowest BCUT2D eigenvalue weighted by Gasteiger charge is -2.30. The zero-order valence-corrected chi connectivity index (χ0v) is 20.5. The summed E-state index contributed by atoms with van der Waals surface area (Å²) in [5, 5.41) is 6.38. The Morgan fingerprint density at radius 3 is 2.41 bits per heavy atom. The molecular weight excluding hydrogens is 430 g/mol. The van der Waals surface area contributed by atoms with Gasteiger partial charge in [0.05, 0.1) is 5.69 Å². The van der Waals surface area contributed by atoms with Crippen molar-refractivity contribution in [2.24, 2.45) is 0 Å². The molecule has 1 aliphatic rings. The van der Waals surface area contributed by atoms with E-state index in [1.165, 1.54) is 0 Å². The molecule has 4 aromatic rings. The maximum Gasteiger partial charge on any atom is 0.297 e. The van der Waals surface area contributed by atoms with Crippen LogP contribution in [-0.2, 0) is 0 Å². The number of rotatable bonds is 4. The van der Waals surface area contributed by atoms with Crippen LogP contribution in [0.4, 0.5) is 17.4 Å². The second-order valence-electron chi connectivity index (χ2n) is 7.61. The van der Waals surface area contributed by atoms with Crippen molar-refractivity contribution in [3.8, 4) is 0 Å². The van der Waals surface area contributed by atoms with E-state index in [1.807, 2.05) is 70.2 Å².